The number of halogens is 1. The van der Waals surface area contributed by atoms with E-state index in [4.69, 9.17) is 4.42 Å². The summed E-state index contributed by atoms with van der Waals surface area (Å²) in [4.78, 5) is 4.24. The number of para-hydroxylation sites is 1. The predicted octanol–water partition coefficient (Wildman–Crippen LogP) is 2.84. The summed E-state index contributed by atoms with van der Waals surface area (Å²) in [6.07, 6.45) is 1.73. The number of benzene rings is 1. The van der Waals surface area contributed by atoms with E-state index in [1.807, 2.05) is 22.8 Å². The Morgan fingerprint density at radius 1 is 1.24 bits per heavy atom. The molecular weight excluding hydrogens is 431 g/mol. The van der Waals surface area contributed by atoms with Crippen LogP contribution in [0.5, 0.6) is 0 Å². The molecule has 25 heavy (non-hydrogen) atoms. The summed E-state index contributed by atoms with van der Waals surface area (Å²) in [7, 11) is 1.74. The molecule has 0 bridgehead atoms. The first-order valence-corrected chi connectivity index (χ1v) is 8.01. The van der Waals surface area contributed by atoms with Gasteiger partial charge < -0.3 is 19.6 Å². The normalized spacial score (nSPS) is 11.4. The van der Waals surface area contributed by atoms with Crippen LogP contribution in [-0.2, 0) is 19.6 Å². The molecule has 7 nitrogen and oxygen atoms in total. The molecular formula is C17H23IN6O. The van der Waals surface area contributed by atoms with Crippen molar-refractivity contribution in [3.63, 3.8) is 0 Å². The topological polar surface area (TPSA) is 80.3 Å². The first-order valence-electron chi connectivity index (χ1n) is 8.01. The third-order valence-electron chi connectivity index (χ3n) is 4.03. The minimum atomic E-state index is 0. The molecule has 3 rings (SSSR count). The Morgan fingerprint density at radius 3 is 2.72 bits per heavy atom. The Bertz CT molecular complexity index is 854. The van der Waals surface area contributed by atoms with Crippen molar-refractivity contribution < 1.29 is 4.42 Å². The van der Waals surface area contributed by atoms with E-state index in [2.05, 4.69) is 45.7 Å². The molecule has 134 valence electrons. The lowest BCUT2D eigenvalue weighted by molar-refractivity contribution is 0.534. The standard InChI is InChI=1S/C17H22N6O.HI/c1-4-23-11-21-22-16(23)10-20-17(18-3)19-9-15-12(2)13-7-5-6-8-14(13)24-15;/h5-8,11H,4,9-10H2,1-3H3,(H2,18,19,20);1H. The zero-order valence-electron chi connectivity index (χ0n) is 14.6. The molecule has 3 aromatic rings. The zero-order valence-corrected chi connectivity index (χ0v) is 16.9. The summed E-state index contributed by atoms with van der Waals surface area (Å²) in [5, 5.41) is 15.7. The van der Waals surface area contributed by atoms with Gasteiger partial charge in [-0.2, -0.15) is 0 Å². The number of guanidine groups is 1. The van der Waals surface area contributed by atoms with Gasteiger partial charge in [0, 0.05) is 24.5 Å². The van der Waals surface area contributed by atoms with Crippen molar-refractivity contribution in [2.45, 2.75) is 33.5 Å². The van der Waals surface area contributed by atoms with Crippen molar-refractivity contribution in [2.75, 3.05) is 7.05 Å². The van der Waals surface area contributed by atoms with Gasteiger partial charge in [-0.15, -0.1) is 34.2 Å². The van der Waals surface area contributed by atoms with E-state index in [0.29, 0.717) is 19.0 Å². The van der Waals surface area contributed by atoms with Crippen LogP contribution in [0.1, 0.15) is 24.1 Å². The van der Waals surface area contributed by atoms with Gasteiger partial charge in [-0.25, -0.2) is 0 Å². The highest BCUT2D eigenvalue weighted by molar-refractivity contribution is 14.0. The van der Waals surface area contributed by atoms with Gasteiger partial charge in [0.05, 0.1) is 13.1 Å². The highest BCUT2D eigenvalue weighted by Crippen LogP contribution is 2.24. The van der Waals surface area contributed by atoms with Crippen LogP contribution in [0.25, 0.3) is 11.0 Å². The molecule has 0 spiro atoms. The summed E-state index contributed by atoms with van der Waals surface area (Å²) in [5.74, 6) is 2.48. The minimum absolute atomic E-state index is 0. The van der Waals surface area contributed by atoms with E-state index < -0.39 is 0 Å². The molecule has 0 unspecified atom stereocenters. The summed E-state index contributed by atoms with van der Waals surface area (Å²) < 4.78 is 7.90. The Labute approximate surface area is 163 Å². The van der Waals surface area contributed by atoms with Crippen LogP contribution in [0.15, 0.2) is 40.0 Å². The van der Waals surface area contributed by atoms with Crippen LogP contribution < -0.4 is 10.6 Å². The van der Waals surface area contributed by atoms with Crippen LogP contribution in [0.4, 0.5) is 0 Å². The molecule has 0 saturated heterocycles. The number of rotatable bonds is 5. The average molecular weight is 454 g/mol. The average Bonchev–Trinajstić information content (AvgIpc) is 3.20. The SMILES string of the molecule is CCn1cnnc1CNC(=NC)NCc1oc2ccccc2c1C.I. The second-order valence-corrected chi connectivity index (χ2v) is 5.46. The highest BCUT2D eigenvalue weighted by atomic mass is 127. The molecule has 2 heterocycles. The maximum absolute atomic E-state index is 5.91. The minimum Gasteiger partial charge on any atom is -0.459 e. The van der Waals surface area contributed by atoms with Gasteiger partial charge in [-0.05, 0) is 19.9 Å². The fourth-order valence-electron chi connectivity index (χ4n) is 2.62. The van der Waals surface area contributed by atoms with E-state index in [1.165, 1.54) is 0 Å². The van der Waals surface area contributed by atoms with Crippen molar-refractivity contribution in [2.24, 2.45) is 4.99 Å². The Kier molecular flexibility index (Phi) is 6.80. The molecule has 0 aliphatic heterocycles. The van der Waals surface area contributed by atoms with Crippen molar-refractivity contribution in [1.82, 2.24) is 25.4 Å². The molecule has 0 fully saturated rings. The summed E-state index contributed by atoms with van der Waals surface area (Å²) >= 11 is 0. The Morgan fingerprint density at radius 2 is 2.00 bits per heavy atom. The first-order chi connectivity index (χ1) is 11.7. The Hall–Kier alpha value is -2.10. The zero-order chi connectivity index (χ0) is 16.9. The number of fused-ring (bicyclic) bond motifs is 1. The lowest BCUT2D eigenvalue weighted by atomic mass is 10.1. The number of nitrogens with zero attached hydrogens (tertiary/aromatic N) is 4. The number of hydrogen-bond acceptors (Lipinski definition) is 4. The van der Waals surface area contributed by atoms with E-state index >= 15 is 0 Å². The molecule has 0 amide bonds. The van der Waals surface area contributed by atoms with Gasteiger partial charge in [0.25, 0.3) is 0 Å². The number of furan rings is 1. The molecule has 0 saturated carbocycles. The molecule has 8 heteroatoms. The largest absolute Gasteiger partial charge is 0.459 e. The summed E-state index contributed by atoms with van der Waals surface area (Å²) in [6, 6.07) is 8.05. The summed E-state index contributed by atoms with van der Waals surface area (Å²) in [6.45, 7) is 6.11. The van der Waals surface area contributed by atoms with Crippen molar-refractivity contribution >= 4 is 40.9 Å². The number of aliphatic imine (C=N–C) groups is 1. The molecule has 2 N–H and O–H groups in total. The fourth-order valence-corrected chi connectivity index (χ4v) is 2.62. The molecule has 0 aliphatic rings. The highest BCUT2D eigenvalue weighted by Gasteiger charge is 2.10. The van der Waals surface area contributed by atoms with Crippen LogP contribution in [0, 0.1) is 6.92 Å². The molecule has 0 atom stereocenters. The number of aryl methyl sites for hydroxylation is 2. The van der Waals surface area contributed by atoms with E-state index in [1.54, 1.807) is 13.4 Å². The predicted molar refractivity (Wildman–Crippen MR) is 109 cm³/mol. The third kappa shape index (κ3) is 4.30. The summed E-state index contributed by atoms with van der Waals surface area (Å²) in [5.41, 5.74) is 2.06. The molecule has 1 aromatic carbocycles. The van der Waals surface area contributed by atoms with Crippen molar-refractivity contribution in [3.05, 3.63) is 47.7 Å². The Balaban J connectivity index is 0.00000225. The van der Waals surface area contributed by atoms with E-state index in [-0.39, 0.29) is 24.0 Å². The quantitative estimate of drug-likeness (QED) is 0.352. The third-order valence-corrected chi connectivity index (χ3v) is 4.03. The van der Waals surface area contributed by atoms with Gasteiger partial charge in [-0.3, -0.25) is 4.99 Å². The smallest absolute Gasteiger partial charge is 0.191 e. The van der Waals surface area contributed by atoms with Gasteiger partial charge >= 0.3 is 0 Å². The first kappa shape index (κ1) is 19.2. The van der Waals surface area contributed by atoms with E-state index in [9.17, 15) is 0 Å². The fraction of sp³-hybridized carbons (Fsp3) is 0.353. The second kappa shape index (κ2) is 8.84. The number of nitrogens with one attached hydrogen (secondary N) is 2. The number of aromatic nitrogens is 3. The lowest BCUT2D eigenvalue weighted by Crippen LogP contribution is -2.37. The van der Waals surface area contributed by atoms with Gasteiger partial charge in [0.1, 0.15) is 17.7 Å². The second-order valence-electron chi connectivity index (χ2n) is 5.46. The molecule has 0 aliphatic carbocycles. The van der Waals surface area contributed by atoms with Gasteiger partial charge in [0.2, 0.25) is 0 Å². The van der Waals surface area contributed by atoms with Crippen LogP contribution in [0.2, 0.25) is 0 Å². The maximum Gasteiger partial charge on any atom is 0.191 e. The lowest BCUT2D eigenvalue weighted by Gasteiger charge is -2.11. The van der Waals surface area contributed by atoms with Crippen molar-refractivity contribution in [1.29, 1.82) is 0 Å². The van der Waals surface area contributed by atoms with Gasteiger partial charge in [0.15, 0.2) is 11.8 Å². The maximum atomic E-state index is 5.91. The molecule has 2 aromatic heterocycles. The van der Waals surface area contributed by atoms with E-state index in [0.717, 1.165) is 34.7 Å². The van der Waals surface area contributed by atoms with Gasteiger partial charge in [-0.1, -0.05) is 18.2 Å². The van der Waals surface area contributed by atoms with Crippen LogP contribution in [-0.4, -0.2) is 27.8 Å². The van der Waals surface area contributed by atoms with Crippen LogP contribution in [0.3, 0.4) is 0 Å². The van der Waals surface area contributed by atoms with Crippen molar-refractivity contribution in [3.8, 4) is 0 Å². The monoisotopic (exact) mass is 454 g/mol. The molecule has 0 radical (unpaired) electrons. The van der Waals surface area contributed by atoms with Crippen LogP contribution >= 0.6 is 24.0 Å². The number of hydrogen-bond donors (Lipinski definition) is 2.